The van der Waals surface area contributed by atoms with Crippen LogP contribution in [0.15, 0.2) is 0 Å². The van der Waals surface area contributed by atoms with E-state index in [-0.39, 0.29) is 36.7 Å². The Morgan fingerprint density at radius 3 is 2.72 bits per heavy atom. The maximum absolute atomic E-state index is 11.8. The van der Waals surface area contributed by atoms with Gasteiger partial charge in [-0.05, 0) is 27.2 Å². The fourth-order valence-corrected chi connectivity index (χ4v) is 2.08. The van der Waals surface area contributed by atoms with Crippen LogP contribution in [-0.2, 0) is 14.4 Å². The second kappa shape index (κ2) is 5.45. The molecule has 7 heteroatoms. The van der Waals surface area contributed by atoms with Gasteiger partial charge in [-0.1, -0.05) is 0 Å². The van der Waals surface area contributed by atoms with Crippen LogP contribution >= 0.6 is 0 Å². The predicted octanol–water partition coefficient (Wildman–Crippen LogP) is -1.12. The van der Waals surface area contributed by atoms with E-state index < -0.39 is 5.54 Å². The van der Waals surface area contributed by atoms with Gasteiger partial charge in [0.05, 0.1) is 12.1 Å². The highest BCUT2D eigenvalue weighted by Gasteiger charge is 2.42. The van der Waals surface area contributed by atoms with Gasteiger partial charge in [0.2, 0.25) is 17.7 Å². The van der Waals surface area contributed by atoms with Gasteiger partial charge in [-0.15, -0.1) is 0 Å². The number of rotatable bonds is 4. The van der Waals surface area contributed by atoms with Crippen molar-refractivity contribution in [2.75, 3.05) is 6.54 Å². The molecule has 1 rings (SSSR count). The lowest BCUT2D eigenvalue weighted by atomic mass is 9.95. The third-order valence-electron chi connectivity index (χ3n) is 3.32. The van der Waals surface area contributed by atoms with Gasteiger partial charge in [-0.2, -0.15) is 0 Å². The van der Waals surface area contributed by atoms with E-state index in [4.69, 9.17) is 5.84 Å². The SMILES string of the molecule is CC(CCC(=O)NN)N1CC(=O)NC(=O)C1(C)C. The first-order valence-corrected chi connectivity index (χ1v) is 5.89. The first kappa shape index (κ1) is 14.6. The third-order valence-corrected chi connectivity index (χ3v) is 3.32. The van der Waals surface area contributed by atoms with Crippen molar-refractivity contribution in [3.63, 3.8) is 0 Å². The molecular weight excluding hydrogens is 236 g/mol. The Hall–Kier alpha value is -1.47. The quantitative estimate of drug-likeness (QED) is 0.256. The summed E-state index contributed by atoms with van der Waals surface area (Å²) in [4.78, 5) is 36.1. The third kappa shape index (κ3) is 3.05. The summed E-state index contributed by atoms with van der Waals surface area (Å²) in [6.07, 6.45) is 0.799. The van der Waals surface area contributed by atoms with Crippen molar-refractivity contribution in [1.82, 2.24) is 15.6 Å². The number of hydrogen-bond donors (Lipinski definition) is 3. The topological polar surface area (TPSA) is 105 Å². The Morgan fingerprint density at radius 1 is 1.56 bits per heavy atom. The summed E-state index contributed by atoms with van der Waals surface area (Å²) in [5, 5.41) is 2.31. The molecule has 0 bridgehead atoms. The summed E-state index contributed by atoms with van der Waals surface area (Å²) in [5.41, 5.74) is 1.30. The molecule has 0 aromatic carbocycles. The highest BCUT2D eigenvalue weighted by atomic mass is 16.2. The van der Waals surface area contributed by atoms with Crippen molar-refractivity contribution in [2.24, 2.45) is 5.84 Å². The zero-order valence-corrected chi connectivity index (χ0v) is 10.9. The number of piperazine rings is 1. The highest BCUT2D eigenvalue weighted by molar-refractivity contribution is 6.03. The molecule has 1 fully saturated rings. The van der Waals surface area contributed by atoms with Crippen LogP contribution in [0.3, 0.4) is 0 Å². The first-order valence-electron chi connectivity index (χ1n) is 5.89. The average Bonchev–Trinajstić information content (AvgIpc) is 2.30. The molecule has 1 atom stereocenters. The van der Waals surface area contributed by atoms with E-state index in [1.165, 1.54) is 0 Å². The number of nitrogens with zero attached hydrogens (tertiary/aromatic N) is 1. The van der Waals surface area contributed by atoms with Crippen molar-refractivity contribution in [1.29, 1.82) is 0 Å². The maximum atomic E-state index is 11.8. The molecule has 18 heavy (non-hydrogen) atoms. The molecule has 0 radical (unpaired) electrons. The molecule has 4 N–H and O–H groups in total. The molecule has 7 nitrogen and oxygen atoms in total. The fourth-order valence-electron chi connectivity index (χ4n) is 2.08. The van der Waals surface area contributed by atoms with Crippen LogP contribution in [0.2, 0.25) is 0 Å². The second-order valence-corrected chi connectivity index (χ2v) is 5.02. The molecule has 1 unspecified atom stereocenters. The lowest BCUT2D eigenvalue weighted by Crippen LogP contribution is -2.66. The van der Waals surface area contributed by atoms with E-state index in [2.05, 4.69) is 10.7 Å². The Morgan fingerprint density at radius 2 is 2.17 bits per heavy atom. The lowest BCUT2D eigenvalue weighted by Gasteiger charge is -2.43. The lowest BCUT2D eigenvalue weighted by molar-refractivity contribution is -0.147. The summed E-state index contributed by atoms with van der Waals surface area (Å²) in [7, 11) is 0. The van der Waals surface area contributed by atoms with Crippen LogP contribution in [-0.4, -0.2) is 40.7 Å². The number of carbonyl (C=O) groups excluding carboxylic acids is 3. The van der Waals surface area contributed by atoms with Gasteiger partial charge >= 0.3 is 0 Å². The summed E-state index contributed by atoms with van der Waals surface area (Å²) in [6.45, 7) is 5.56. The van der Waals surface area contributed by atoms with Crippen molar-refractivity contribution in [3.05, 3.63) is 0 Å². The zero-order chi connectivity index (χ0) is 13.9. The number of amides is 3. The Bertz CT molecular complexity index is 367. The van der Waals surface area contributed by atoms with E-state index >= 15 is 0 Å². The molecule has 0 saturated carbocycles. The minimum absolute atomic E-state index is 0.0627. The smallest absolute Gasteiger partial charge is 0.246 e. The van der Waals surface area contributed by atoms with Gasteiger partial charge in [0.25, 0.3) is 0 Å². The average molecular weight is 256 g/mol. The standard InChI is InChI=1S/C11H20N4O3/c1-7(4-5-8(16)14-12)15-6-9(17)13-10(18)11(15,2)3/h7H,4-6,12H2,1-3H3,(H,14,16)(H,13,17,18). The summed E-state index contributed by atoms with van der Waals surface area (Å²) >= 11 is 0. The zero-order valence-electron chi connectivity index (χ0n) is 10.9. The Balaban J connectivity index is 2.70. The molecule has 3 amide bonds. The number of hydrogen-bond acceptors (Lipinski definition) is 5. The molecule has 0 spiro atoms. The first-order chi connectivity index (χ1) is 8.28. The Labute approximate surface area is 106 Å². The molecule has 1 aliphatic heterocycles. The molecule has 0 aromatic heterocycles. The number of carbonyl (C=O) groups is 3. The second-order valence-electron chi connectivity index (χ2n) is 5.02. The normalized spacial score (nSPS) is 21.3. The van der Waals surface area contributed by atoms with Gasteiger partial charge < -0.3 is 0 Å². The Kier molecular flexibility index (Phi) is 4.42. The molecule has 1 heterocycles. The molecule has 1 saturated heterocycles. The molecule has 0 aromatic rings. The maximum Gasteiger partial charge on any atom is 0.246 e. The summed E-state index contributed by atoms with van der Waals surface area (Å²) in [6, 6.07) is -0.0627. The largest absolute Gasteiger partial charge is 0.294 e. The fraction of sp³-hybridized carbons (Fsp3) is 0.727. The highest BCUT2D eigenvalue weighted by Crippen LogP contribution is 2.23. The number of nitrogens with one attached hydrogen (secondary N) is 2. The predicted molar refractivity (Wildman–Crippen MR) is 65.0 cm³/mol. The molecular formula is C11H20N4O3. The molecule has 0 aliphatic carbocycles. The minimum atomic E-state index is -0.757. The van der Waals surface area contributed by atoms with E-state index in [1.807, 2.05) is 6.92 Å². The van der Waals surface area contributed by atoms with Crippen molar-refractivity contribution < 1.29 is 14.4 Å². The van der Waals surface area contributed by atoms with Gasteiger partial charge in [-0.25, -0.2) is 5.84 Å². The monoisotopic (exact) mass is 256 g/mol. The van der Waals surface area contributed by atoms with Crippen LogP contribution in [0.25, 0.3) is 0 Å². The number of nitrogens with two attached hydrogens (primary N) is 1. The van der Waals surface area contributed by atoms with Crippen LogP contribution in [0, 0.1) is 0 Å². The van der Waals surface area contributed by atoms with Gasteiger partial charge in [0, 0.05) is 12.5 Å². The van der Waals surface area contributed by atoms with Gasteiger partial charge in [-0.3, -0.25) is 30.0 Å². The van der Waals surface area contributed by atoms with E-state index in [0.29, 0.717) is 6.42 Å². The van der Waals surface area contributed by atoms with Crippen LogP contribution in [0.1, 0.15) is 33.6 Å². The van der Waals surface area contributed by atoms with Crippen LogP contribution in [0.4, 0.5) is 0 Å². The summed E-state index contributed by atoms with van der Waals surface area (Å²) < 4.78 is 0. The van der Waals surface area contributed by atoms with E-state index in [1.54, 1.807) is 18.7 Å². The van der Waals surface area contributed by atoms with Crippen molar-refractivity contribution in [3.8, 4) is 0 Å². The minimum Gasteiger partial charge on any atom is -0.294 e. The summed E-state index contributed by atoms with van der Waals surface area (Å²) in [5.74, 6) is 4.12. The number of hydrazine groups is 1. The van der Waals surface area contributed by atoms with Crippen LogP contribution in [0.5, 0.6) is 0 Å². The van der Waals surface area contributed by atoms with E-state index in [9.17, 15) is 14.4 Å². The molecule has 1 aliphatic rings. The number of imide groups is 1. The molecule has 102 valence electrons. The van der Waals surface area contributed by atoms with Crippen molar-refractivity contribution in [2.45, 2.75) is 45.2 Å². The van der Waals surface area contributed by atoms with Gasteiger partial charge in [0.15, 0.2) is 0 Å². The van der Waals surface area contributed by atoms with Crippen molar-refractivity contribution >= 4 is 17.7 Å². The van der Waals surface area contributed by atoms with E-state index in [0.717, 1.165) is 0 Å². The van der Waals surface area contributed by atoms with Gasteiger partial charge in [0.1, 0.15) is 0 Å². The van der Waals surface area contributed by atoms with Crippen LogP contribution < -0.4 is 16.6 Å².